The molecule has 22 heavy (non-hydrogen) atoms. The zero-order valence-electron chi connectivity index (χ0n) is 13.4. The van der Waals surface area contributed by atoms with Crippen LogP contribution in [-0.4, -0.2) is 18.5 Å². The maximum absolute atomic E-state index is 12.4. The summed E-state index contributed by atoms with van der Waals surface area (Å²) in [6.45, 7) is 5.88. The van der Waals surface area contributed by atoms with Crippen molar-refractivity contribution in [3.63, 3.8) is 0 Å². The van der Waals surface area contributed by atoms with E-state index in [-0.39, 0.29) is 6.61 Å². The van der Waals surface area contributed by atoms with Gasteiger partial charge in [0.15, 0.2) is 5.41 Å². The molecule has 1 aromatic carbocycles. The number of carbonyl (C=O) groups excluding carboxylic acids is 2. The fourth-order valence-electron chi connectivity index (χ4n) is 2.16. The lowest BCUT2D eigenvalue weighted by molar-refractivity contribution is -0.174. The van der Waals surface area contributed by atoms with E-state index in [1.807, 2.05) is 13.0 Å². The van der Waals surface area contributed by atoms with Gasteiger partial charge in [0.2, 0.25) is 0 Å². The molecule has 0 radical (unpaired) electrons. The summed E-state index contributed by atoms with van der Waals surface area (Å²) in [6.07, 6.45) is 1.41. The van der Waals surface area contributed by atoms with E-state index in [0.29, 0.717) is 30.9 Å². The standard InChI is InChI=1S/C17H23ClO4/c1-4-10-21-15(19)17(5-2,6-3)16(20)22-12-13-8-7-9-14(18)11-13/h7-9,11H,4-6,10,12H2,1-3H3. The summed E-state index contributed by atoms with van der Waals surface area (Å²) in [7, 11) is 0. The average Bonchev–Trinajstić information content (AvgIpc) is 2.52. The first-order valence-electron chi connectivity index (χ1n) is 7.59. The Balaban J connectivity index is 2.78. The highest BCUT2D eigenvalue weighted by Crippen LogP contribution is 2.30. The molecule has 0 unspecified atom stereocenters. The molecule has 0 saturated carbocycles. The molecule has 0 bridgehead atoms. The van der Waals surface area contributed by atoms with Crippen molar-refractivity contribution in [1.29, 1.82) is 0 Å². The monoisotopic (exact) mass is 326 g/mol. The quantitative estimate of drug-likeness (QED) is 0.532. The molecule has 0 aliphatic heterocycles. The second-order valence-electron chi connectivity index (χ2n) is 5.13. The van der Waals surface area contributed by atoms with Gasteiger partial charge < -0.3 is 9.47 Å². The molecule has 0 amide bonds. The van der Waals surface area contributed by atoms with Crippen molar-refractivity contribution in [2.24, 2.45) is 5.41 Å². The molecule has 0 fully saturated rings. The number of benzene rings is 1. The molecule has 0 spiro atoms. The van der Waals surface area contributed by atoms with Gasteiger partial charge in [-0.15, -0.1) is 0 Å². The normalized spacial score (nSPS) is 11.1. The number of hydrogen-bond donors (Lipinski definition) is 0. The van der Waals surface area contributed by atoms with Crippen LogP contribution < -0.4 is 0 Å². The molecule has 0 saturated heterocycles. The molecule has 0 aliphatic rings. The van der Waals surface area contributed by atoms with E-state index >= 15 is 0 Å². The summed E-state index contributed by atoms with van der Waals surface area (Å²) >= 11 is 5.90. The molecule has 0 N–H and O–H groups in total. The van der Waals surface area contributed by atoms with Gasteiger partial charge in [0.1, 0.15) is 6.61 Å². The third kappa shape index (κ3) is 4.47. The lowest BCUT2D eigenvalue weighted by atomic mass is 9.82. The summed E-state index contributed by atoms with van der Waals surface area (Å²) in [6, 6.07) is 7.07. The highest BCUT2D eigenvalue weighted by Gasteiger charge is 2.45. The van der Waals surface area contributed by atoms with Gasteiger partial charge in [-0.05, 0) is 37.0 Å². The predicted molar refractivity (Wildman–Crippen MR) is 85.5 cm³/mol. The van der Waals surface area contributed by atoms with Gasteiger partial charge in [-0.25, -0.2) is 0 Å². The fourth-order valence-corrected chi connectivity index (χ4v) is 2.37. The van der Waals surface area contributed by atoms with Crippen LogP contribution in [0.25, 0.3) is 0 Å². The zero-order valence-corrected chi connectivity index (χ0v) is 14.1. The van der Waals surface area contributed by atoms with Crippen LogP contribution in [0, 0.1) is 5.41 Å². The first kappa shape index (κ1) is 18.5. The Labute approximate surface area is 136 Å². The van der Waals surface area contributed by atoms with Gasteiger partial charge in [0.05, 0.1) is 6.61 Å². The van der Waals surface area contributed by atoms with Gasteiger partial charge in [0.25, 0.3) is 0 Å². The van der Waals surface area contributed by atoms with Crippen LogP contribution in [-0.2, 0) is 25.7 Å². The van der Waals surface area contributed by atoms with Gasteiger partial charge in [0, 0.05) is 5.02 Å². The smallest absolute Gasteiger partial charge is 0.323 e. The Morgan fingerprint density at radius 3 is 2.27 bits per heavy atom. The summed E-state index contributed by atoms with van der Waals surface area (Å²) in [5.41, 5.74) is -0.447. The van der Waals surface area contributed by atoms with E-state index in [1.54, 1.807) is 32.0 Å². The van der Waals surface area contributed by atoms with Gasteiger partial charge in [-0.1, -0.05) is 44.5 Å². The van der Waals surface area contributed by atoms with Crippen LogP contribution in [0.3, 0.4) is 0 Å². The van der Waals surface area contributed by atoms with Crippen molar-refractivity contribution in [2.75, 3.05) is 6.61 Å². The first-order chi connectivity index (χ1) is 10.5. The molecule has 4 nitrogen and oxygen atoms in total. The summed E-state index contributed by atoms with van der Waals surface area (Å²) < 4.78 is 10.5. The van der Waals surface area contributed by atoms with Gasteiger partial charge >= 0.3 is 11.9 Å². The van der Waals surface area contributed by atoms with Crippen LogP contribution in [0.5, 0.6) is 0 Å². The zero-order chi connectivity index (χ0) is 16.6. The second-order valence-corrected chi connectivity index (χ2v) is 5.57. The number of ether oxygens (including phenoxy) is 2. The molecule has 0 aromatic heterocycles. The van der Waals surface area contributed by atoms with E-state index in [1.165, 1.54) is 0 Å². The second kappa shape index (κ2) is 8.79. The molecule has 122 valence electrons. The summed E-state index contributed by atoms with van der Waals surface area (Å²) in [5, 5.41) is 0.577. The van der Waals surface area contributed by atoms with Crippen LogP contribution in [0.15, 0.2) is 24.3 Å². The largest absolute Gasteiger partial charge is 0.465 e. The van der Waals surface area contributed by atoms with Gasteiger partial charge in [-0.3, -0.25) is 9.59 Å². The fraction of sp³-hybridized carbons (Fsp3) is 0.529. The lowest BCUT2D eigenvalue weighted by Gasteiger charge is -2.26. The minimum absolute atomic E-state index is 0.0855. The van der Waals surface area contributed by atoms with Crippen molar-refractivity contribution < 1.29 is 19.1 Å². The lowest BCUT2D eigenvalue weighted by Crippen LogP contribution is -2.41. The summed E-state index contributed by atoms with van der Waals surface area (Å²) in [5.74, 6) is -1.05. The third-order valence-electron chi connectivity index (χ3n) is 3.68. The Morgan fingerprint density at radius 2 is 1.73 bits per heavy atom. The maximum Gasteiger partial charge on any atom is 0.323 e. The molecule has 0 heterocycles. The average molecular weight is 327 g/mol. The Hall–Kier alpha value is -1.55. The number of carbonyl (C=O) groups is 2. The van der Waals surface area contributed by atoms with E-state index in [4.69, 9.17) is 21.1 Å². The van der Waals surface area contributed by atoms with Crippen molar-refractivity contribution >= 4 is 23.5 Å². The topological polar surface area (TPSA) is 52.6 Å². The van der Waals surface area contributed by atoms with Crippen LogP contribution in [0.2, 0.25) is 5.02 Å². The predicted octanol–water partition coefficient (Wildman–Crippen LogP) is 4.14. The third-order valence-corrected chi connectivity index (χ3v) is 3.92. The van der Waals surface area contributed by atoms with E-state index < -0.39 is 17.4 Å². The Morgan fingerprint density at radius 1 is 1.09 bits per heavy atom. The number of halogens is 1. The highest BCUT2D eigenvalue weighted by atomic mass is 35.5. The Bertz CT molecular complexity index is 509. The first-order valence-corrected chi connectivity index (χ1v) is 7.96. The molecule has 0 aliphatic carbocycles. The SMILES string of the molecule is CCCOC(=O)C(CC)(CC)C(=O)OCc1cccc(Cl)c1. The number of hydrogen-bond acceptors (Lipinski definition) is 4. The van der Waals surface area contributed by atoms with Crippen molar-refractivity contribution in [3.8, 4) is 0 Å². The minimum atomic E-state index is -1.23. The van der Waals surface area contributed by atoms with Gasteiger partial charge in [-0.2, -0.15) is 0 Å². The molecule has 1 aromatic rings. The molecular weight excluding hydrogens is 304 g/mol. The van der Waals surface area contributed by atoms with Crippen molar-refractivity contribution in [2.45, 2.75) is 46.6 Å². The van der Waals surface area contributed by atoms with Crippen LogP contribution >= 0.6 is 11.6 Å². The Kier molecular flexibility index (Phi) is 7.39. The highest BCUT2D eigenvalue weighted by molar-refractivity contribution is 6.30. The molecule has 5 heteroatoms. The van der Waals surface area contributed by atoms with Crippen molar-refractivity contribution in [3.05, 3.63) is 34.9 Å². The molecule has 1 rings (SSSR count). The molecule has 0 atom stereocenters. The number of rotatable bonds is 8. The van der Waals surface area contributed by atoms with E-state index in [2.05, 4.69) is 0 Å². The van der Waals surface area contributed by atoms with Crippen molar-refractivity contribution in [1.82, 2.24) is 0 Å². The summed E-state index contributed by atoms with van der Waals surface area (Å²) in [4.78, 5) is 24.7. The van der Waals surface area contributed by atoms with Crippen LogP contribution in [0.1, 0.15) is 45.6 Å². The van der Waals surface area contributed by atoms with E-state index in [9.17, 15) is 9.59 Å². The van der Waals surface area contributed by atoms with E-state index in [0.717, 1.165) is 5.56 Å². The van der Waals surface area contributed by atoms with Crippen LogP contribution in [0.4, 0.5) is 0 Å². The molecular formula is C17H23ClO4. The minimum Gasteiger partial charge on any atom is -0.465 e. The number of esters is 2. The maximum atomic E-state index is 12.4.